The highest BCUT2D eigenvalue weighted by molar-refractivity contribution is 5.53. The molecule has 0 amide bonds. The average molecular weight is 310 g/mol. The van der Waals surface area contributed by atoms with Gasteiger partial charge in [-0.15, -0.1) is 10.2 Å². The summed E-state index contributed by atoms with van der Waals surface area (Å²) in [5, 5.41) is 8.07. The summed E-state index contributed by atoms with van der Waals surface area (Å²) in [5.74, 6) is 2.95. The van der Waals surface area contributed by atoms with E-state index in [1.165, 1.54) is 0 Å². The van der Waals surface area contributed by atoms with Crippen molar-refractivity contribution in [1.82, 2.24) is 10.2 Å². The molecule has 0 bridgehead atoms. The third-order valence-corrected chi connectivity index (χ3v) is 3.44. The molecule has 0 N–H and O–H groups in total. The zero-order chi connectivity index (χ0) is 15.6. The molecule has 0 unspecified atom stereocenters. The van der Waals surface area contributed by atoms with Crippen molar-refractivity contribution in [3.05, 3.63) is 53.9 Å². The number of aryl methyl sites for hydroxylation is 1. The van der Waals surface area contributed by atoms with Gasteiger partial charge >= 0.3 is 0 Å². The van der Waals surface area contributed by atoms with Crippen LogP contribution in [0.3, 0.4) is 0 Å². The molecule has 0 fully saturated rings. The Morgan fingerprint density at radius 3 is 2.87 bits per heavy atom. The number of benzene rings is 2. The third-order valence-electron chi connectivity index (χ3n) is 3.44. The molecule has 1 aliphatic heterocycles. The van der Waals surface area contributed by atoms with Crippen LogP contribution in [0, 0.1) is 6.92 Å². The van der Waals surface area contributed by atoms with Crippen molar-refractivity contribution in [1.29, 1.82) is 0 Å². The van der Waals surface area contributed by atoms with Gasteiger partial charge in [0.2, 0.25) is 12.7 Å². The predicted molar refractivity (Wildman–Crippen MR) is 81.4 cm³/mol. The molecule has 1 aromatic heterocycles. The molecule has 1 aliphatic rings. The standard InChI is InChI=1S/C17H14N2O4/c1-11-3-2-4-12(7-11)17-19-18-16(23-17)9-20-13-5-6-14-15(8-13)22-10-21-14/h2-8H,9-10H2,1H3. The van der Waals surface area contributed by atoms with Crippen molar-refractivity contribution in [3.63, 3.8) is 0 Å². The van der Waals surface area contributed by atoms with Gasteiger partial charge in [0, 0.05) is 11.6 Å². The number of fused-ring (bicyclic) bond motifs is 1. The zero-order valence-corrected chi connectivity index (χ0v) is 12.5. The SMILES string of the molecule is Cc1cccc(-c2nnc(COc3ccc4c(c3)OCO4)o2)c1. The number of nitrogens with zero attached hydrogens (tertiary/aromatic N) is 2. The van der Waals surface area contributed by atoms with Crippen LogP contribution in [-0.4, -0.2) is 17.0 Å². The second-order valence-corrected chi connectivity index (χ2v) is 5.17. The molecule has 23 heavy (non-hydrogen) atoms. The average Bonchev–Trinajstić information content (AvgIpc) is 3.21. The van der Waals surface area contributed by atoms with E-state index in [0.717, 1.165) is 16.9 Å². The molecule has 3 aromatic rings. The smallest absolute Gasteiger partial charge is 0.254 e. The lowest BCUT2D eigenvalue weighted by Crippen LogP contribution is -1.95. The monoisotopic (exact) mass is 310 g/mol. The van der Waals surface area contributed by atoms with Crippen LogP contribution in [0.2, 0.25) is 0 Å². The van der Waals surface area contributed by atoms with Gasteiger partial charge in [-0.05, 0) is 31.2 Å². The Kier molecular flexibility index (Phi) is 3.34. The highest BCUT2D eigenvalue weighted by Crippen LogP contribution is 2.35. The van der Waals surface area contributed by atoms with Crippen LogP contribution in [0.5, 0.6) is 17.2 Å². The molecule has 2 heterocycles. The van der Waals surface area contributed by atoms with Gasteiger partial charge in [-0.25, -0.2) is 0 Å². The number of rotatable bonds is 4. The largest absolute Gasteiger partial charge is 0.484 e. The molecule has 0 radical (unpaired) electrons. The predicted octanol–water partition coefficient (Wildman–Crippen LogP) is 3.35. The number of ether oxygens (including phenoxy) is 3. The Balaban J connectivity index is 1.46. The van der Waals surface area contributed by atoms with Crippen LogP contribution in [0.15, 0.2) is 46.9 Å². The Morgan fingerprint density at radius 2 is 1.96 bits per heavy atom. The summed E-state index contributed by atoms with van der Waals surface area (Å²) in [5.41, 5.74) is 2.03. The number of aromatic nitrogens is 2. The second-order valence-electron chi connectivity index (χ2n) is 5.17. The minimum atomic E-state index is 0.193. The third kappa shape index (κ3) is 2.83. The summed E-state index contributed by atoms with van der Waals surface area (Å²) in [4.78, 5) is 0. The molecule has 6 nitrogen and oxygen atoms in total. The maximum Gasteiger partial charge on any atom is 0.254 e. The van der Waals surface area contributed by atoms with E-state index in [2.05, 4.69) is 10.2 Å². The topological polar surface area (TPSA) is 66.6 Å². The summed E-state index contributed by atoms with van der Waals surface area (Å²) in [7, 11) is 0. The van der Waals surface area contributed by atoms with E-state index in [4.69, 9.17) is 18.6 Å². The summed E-state index contributed by atoms with van der Waals surface area (Å²) in [6.07, 6.45) is 0. The summed E-state index contributed by atoms with van der Waals surface area (Å²) < 4.78 is 21.9. The summed E-state index contributed by atoms with van der Waals surface area (Å²) in [6, 6.07) is 13.3. The van der Waals surface area contributed by atoms with E-state index in [-0.39, 0.29) is 13.4 Å². The fourth-order valence-corrected chi connectivity index (χ4v) is 2.32. The fourth-order valence-electron chi connectivity index (χ4n) is 2.32. The van der Waals surface area contributed by atoms with Crippen LogP contribution >= 0.6 is 0 Å². The Labute approximate surface area is 132 Å². The van der Waals surface area contributed by atoms with Gasteiger partial charge in [0.1, 0.15) is 5.75 Å². The first kappa shape index (κ1) is 13.6. The van der Waals surface area contributed by atoms with Gasteiger partial charge in [-0.1, -0.05) is 17.7 Å². The van der Waals surface area contributed by atoms with Crippen molar-refractivity contribution >= 4 is 0 Å². The first-order chi connectivity index (χ1) is 11.3. The van der Waals surface area contributed by atoms with Crippen LogP contribution in [-0.2, 0) is 6.61 Å². The van der Waals surface area contributed by atoms with Crippen molar-refractivity contribution in [2.24, 2.45) is 0 Å². The van der Waals surface area contributed by atoms with E-state index in [1.807, 2.05) is 43.3 Å². The minimum Gasteiger partial charge on any atom is -0.484 e. The Bertz CT molecular complexity index is 844. The maximum atomic E-state index is 5.66. The molecule has 0 saturated heterocycles. The van der Waals surface area contributed by atoms with E-state index in [9.17, 15) is 0 Å². The summed E-state index contributed by atoms with van der Waals surface area (Å²) in [6.45, 7) is 2.45. The van der Waals surface area contributed by atoms with Crippen LogP contribution in [0.1, 0.15) is 11.5 Å². The lowest BCUT2D eigenvalue weighted by atomic mass is 10.1. The molecule has 6 heteroatoms. The van der Waals surface area contributed by atoms with E-state index in [0.29, 0.717) is 23.3 Å². The Morgan fingerprint density at radius 1 is 1.04 bits per heavy atom. The fraction of sp³-hybridized carbons (Fsp3) is 0.176. The lowest BCUT2D eigenvalue weighted by molar-refractivity contribution is 0.173. The quantitative estimate of drug-likeness (QED) is 0.736. The Hall–Kier alpha value is -3.02. The van der Waals surface area contributed by atoms with Crippen molar-refractivity contribution in [2.75, 3.05) is 6.79 Å². The van der Waals surface area contributed by atoms with Crippen molar-refractivity contribution < 1.29 is 18.6 Å². The molecule has 4 rings (SSSR count). The van der Waals surface area contributed by atoms with E-state index < -0.39 is 0 Å². The van der Waals surface area contributed by atoms with Crippen LogP contribution in [0.4, 0.5) is 0 Å². The van der Waals surface area contributed by atoms with E-state index in [1.54, 1.807) is 6.07 Å². The molecule has 116 valence electrons. The first-order valence-electron chi connectivity index (χ1n) is 7.20. The molecule has 0 spiro atoms. The summed E-state index contributed by atoms with van der Waals surface area (Å²) >= 11 is 0. The van der Waals surface area contributed by atoms with Gasteiger partial charge in [-0.3, -0.25) is 0 Å². The normalized spacial score (nSPS) is 12.4. The zero-order valence-electron chi connectivity index (χ0n) is 12.5. The van der Waals surface area contributed by atoms with Crippen LogP contribution in [0.25, 0.3) is 11.5 Å². The van der Waals surface area contributed by atoms with Gasteiger partial charge < -0.3 is 18.6 Å². The molecular formula is C17H14N2O4. The lowest BCUT2D eigenvalue weighted by Gasteiger charge is -2.04. The molecule has 2 aromatic carbocycles. The maximum absolute atomic E-state index is 5.66. The highest BCUT2D eigenvalue weighted by Gasteiger charge is 2.14. The van der Waals surface area contributed by atoms with Crippen LogP contribution < -0.4 is 14.2 Å². The molecule has 0 aliphatic carbocycles. The first-order valence-corrected chi connectivity index (χ1v) is 7.20. The number of hydrogen-bond donors (Lipinski definition) is 0. The molecule has 0 atom stereocenters. The van der Waals surface area contributed by atoms with Gasteiger partial charge in [-0.2, -0.15) is 0 Å². The van der Waals surface area contributed by atoms with Crippen molar-refractivity contribution in [2.45, 2.75) is 13.5 Å². The van der Waals surface area contributed by atoms with Crippen molar-refractivity contribution in [3.8, 4) is 28.7 Å². The minimum absolute atomic E-state index is 0.193. The van der Waals surface area contributed by atoms with Gasteiger partial charge in [0.25, 0.3) is 5.89 Å². The highest BCUT2D eigenvalue weighted by atomic mass is 16.7. The second kappa shape index (κ2) is 5.64. The number of hydrogen-bond acceptors (Lipinski definition) is 6. The van der Waals surface area contributed by atoms with E-state index >= 15 is 0 Å². The van der Waals surface area contributed by atoms with Gasteiger partial charge in [0.05, 0.1) is 0 Å². The molecule has 0 saturated carbocycles. The van der Waals surface area contributed by atoms with Gasteiger partial charge in [0.15, 0.2) is 18.1 Å². The molecular weight excluding hydrogens is 296 g/mol.